The summed E-state index contributed by atoms with van der Waals surface area (Å²) in [6.07, 6.45) is 0.575. The summed E-state index contributed by atoms with van der Waals surface area (Å²) in [5, 5.41) is 10.4. The molecule has 1 N–H and O–H groups in total. The molecule has 94 valence electrons. The molecule has 2 rings (SSSR count). The smallest absolute Gasteiger partial charge is 0.162 e. The van der Waals surface area contributed by atoms with Crippen LogP contribution < -0.4 is 0 Å². The maximum atomic E-state index is 13.5. The molecule has 17 heavy (non-hydrogen) atoms. The van der Waals surface area contributed by atoms with Gasteiger partial charge in [-0.05, 0) is 11.6 Å². The van der Waals surface area contributed by atoms with Gasteiger partial charge in [-0.25, -0.2) is 8.78 Å². The Kier molecular flexibility index (Phi) is 3.45. The van der Waals surface area contributed by atoms with E-state index in [4.69, 9.17) is 4.74 Å². The van der Waals surface area contributed by atoms with E-state index in [0.29, 0.717) is 19.6 Å². The first-order valence-electron chi connectivity index (χ1n) is 5.76. The summed E-state index contributed by atoms with van der Waals surface area (Å²) in [5.41, 5.74) is -0.784. The van der Waals surface area contributed by atoms with Gasteiger partial charge in [0.15, 0.2) is 11.6 Å². The second-order valence-corrected chi connectivity index (χ2v) is 4.72. The summed E-state index contributed by atoms with van der Waals surface area (Å²) in [5.74, 6) is -1.82. The van der Waals surface area contributed by atoms with Crippen LogP contribution in [-0.2, 0) is 11.2 Å². The van der Waals surface area contributed by atoms with Crippen LogP contribution >= 0.6 is 0 Å². The van der Waals surface area contributed by atoms with Gasteiger partial charge in [0.1, 0.15) is 0 Å². The highest BCUT2D eigenvalue weighted by molar-refractivity contribution is 5.21. The molecule has 0 bridgehead atoms. The molecular weight excluding hydrogens is 226 g/mol. The van der Waals surface area contributed by atoms with E-state index >= 15 is 0 Å². The summed E-state index contributed by atoms with van der Waals surface area (Å²) in [4.78, 5) is 0. The fourth-order valence-electron chi connectivity index (χ4n) is 2.19. The van der Waals surface area contributed by atoms with Gasteiger partial charge < -0.3 is 9.84 Å². The number of aliphatic hydroxyl groups is 1. The van der Waals surface area contributed by atoms with E-state index in [9.17, 15) is 13.9 Å². The van der Waals surface area contributed by atoms with Crippen LogP contribution in [0, 0.1) is 17.6 Å². The molecule has 1 aromatic carbocycles. The third kappa shape index (κ3) is 2.48. The van der Waals surface area contributed by atoms with E-state index in [-0.39, 0.29) is 17.9 Å². The molecule has 1 saturated heterocycles. The summed E-state index contributed by atoms with van der Waals surface area (Å²) >= 11 is 0. The van der Waals surface area contributed by atoms with Crippen molar-refractivity contribution in [1.29, 1.82) is 0 Å². The van der Waals surface area contributed by atoms with Gasteiger partial charge in [-0.2, -0.15) is 0 Å². The first kappa shape index (κ1) is 12.5. The maximum Gasteiger partial charge on any atom is 0.162 e. The fraction of sp³-hybridized carbons (Fsp3) is 0.538. The van der Waals surface area contributed by atoms with Crippen molar-refractivity contribution in [1.82, 2.24) is 0 Å². The summed E-state index contributed by atoms with van der Waals surface area (Å²) in [6, 6.07) is 4.05. The second kappa shape index (κ2) is 4.70. The van der Waals surface area contributed by atoms with Crippen LogP contribution in [0.2, 0.25) is 0 Å². The van der Waals surface area contributed by atoms with Gasteiger partial charge >= 0.3 is 0 Å². The monoisotopic (exact) mass is 242 g/mol. The molecule has 0 spiro atoms. The van der Waals surface area contributed by atoms with Crippen molar-refractivity contribution >= 4 is 0 Å². The Morgan fingerprint density at radius 3 is 2.94 bits per heavy atom. The average Bonchev–Trinajstić information content (AvgIpc) is 2.29. The van der Waals surface area contributed by atoms with Crippen molar-refractivity contribution in [2.24, 2.45) is 5.92 Å². The number of ether oxygens (including phenoxy) is 1. The third-order valence-electron chi connectivity index (χ3n) is 3.49. The van der Waals surface area contributed by atoms with Crippen molar-refractivity contribution in [3.8, 4) is 0 Å². The highest BCUT2D eigenvalue weighted by Crippen LogP contribution is 2.31. The molecule has 0 radical (unpaired) electrons. The molecule has 0 aromatic heterocycles. The molecule has 2 atom stereocenters. The van der Waals surface area contributed by atoms with E-state index in [1.807, 2.05) is 6.92 Å². The van der Waals surface area contributed by atoms with Gasteiger partial charge in [0, 0.05) is 25.4 Å². The lowest BCUT2D eigenvalue weighted by Gasteiger charge is -2.38. The van der Waals surface area contributed by atoms with E-state index in [1.54, 1.807) is 0 Å². The lowest BCUT2D eigenvalue weighted by atomic mass is 9.80. The summed E-state index contributed by atoms with van der Waals surface area (Å²) in [7, 11) is 0. The standard InChI is InChI=1S/C13H16F2O2/c1-9-8-17-6-5-13(9,16)7-10-3-2-4-11(14)12(10)15/h2-4,9,16H,5-8H2,1H3. The zero-order chi connectivity index (χ0) is 12.5. The largest absolute Gasteiger partial charge is 0.389 e. The van der Waals surface area contributed by atoms with Crippen molar-refractivity contribution in [2.45, 2.75) is 25.4 Å². The molecule has 1 aromatic rings. The summed E-state index contributed by atoms with van der Waals surface area (Å²) < 4.78 is 31.9. The van der Waals surface area contributed by atoms with Gasteiger partial charge in [-0.1, -0.05) is 19.1 Å². The normalized spacial score (nSPS) is 29.3. The van der Waals surface area contributed by atoms with E-state index in [1.165, 1.54) is 12.1 Å². The predicted molar refractivity (Wildman–Crippen MR) is 59.6 cm³/mol. The Labute approximate surface area is 99.2 Å². The van der Waals surface area contributed by atoms with Gasteiger partial charge in [-0.15, -0.1) is 0 Å². The van der Waals surface area contributed by atoms with Gasteiger partial charge in [0.25, 0.3) is 0 Å². The number of hydrogen-bond acceptors (Lipinski definition) is 2. The molecule has 1 heterocycles. The van der Waals surface area contributed by atoms with Crippen LogP contribution in [0.1, 0.15) is 18.9 Å². The summed E-state index contributed by atoms with van der Waals surface area (Å²) in [6.45, 7) is 2.77. The van der Waals surface area contributed by atoms with E-state index in [0.717, 1.165) is 6.07 Å². The Bertz CT molecular complexity index is 408. The molecule has 2 nitrogen and oxygen atoms in total. The Morgan fingerprint density at radius 1 is 1.47 bits per heavy atom. The molecule has 4 heteroatoms. The van der Waals surface area contributed by atoms with Crippen molar-refractivity contribution in [3.63, 3.8) is 0 Å². The van der Waals surface area contributed by atoms with Crippen molar-refractivity contribution < 1.29 is 18.6 Å². The lowest BCUT2D eigenvalue weighted by molar-refractivity contribution is -0.105. The highest BCUT2D eigenvalue weighted by Gasteiger charge is 2.37. The van der Waals surface area contributed by atoms with Crippen molar-refractivity contribution in [3.05, 3.63) is 35.4 Å². The van der Waals surface area contributed by atoms with Crippen LogP contribution in [0.3, 0.4) is 0 Å². The Morgan fingerprint density at radius 2 is 2.24 bits per heavy atom. The Hall–Kier alpha value is -1.00. The van der Waals surface area contributed by atoms with E-state index in [2.05, 4.69) is 0 Å². The van der Waals surface area contributed by atoms with Crippen LogP contribution in [0.15, 0.2) is 18.2 Å². The van der Waals surface area contributed by atoms with Crippen LogP contribution in [-0.4, -0.2) is 23.9 Å². The highest BCUT2D eigenvalue weighted by atomic mass is 19.2. The molecule has 2 unspecified atom stereocenters. The van der Waals surface area contributed by atoms with E-state index < -0.39 is 17.2 Å². The number of hydrogen-bond donors (Lipinski definition) is 1. The average molecular weight is 242 g/mol. The molecule has 0 amide bonds. The minimum atomic E-state index is -1.01. The SMILES string of the molecule is CC1COCCC1(O)Cc1cccc(F)c1F. The molecule has 0 saturated carbocycles. The molecule has 1 aliphatic heterocycles. The predicted octanol–water partition coefficient (Wildman–Crippen LogP) is 2.29. The Balaban J connectivity index is 2.22. The number of benzene rings is 1. The van der Waals surface area contributed by atoms with Gasteiger partial charge in [0.2, 0.25) is 0 Å². The minimum Gasteiger partial charge on any atom is -0.389 e. The zero-order valence-corrected chi connectivity index (χ0v) is 9.75. The van der Waals surface area contributed by atoms with Gasteiger partial charge in [-0.3, -0.25) is 0 Å². The molecule has 0 aliphatic carbocycles. The van der Waals surface area contributed by atoms with Crippen LogP contribution in [0.4, 0.5) is 8.78 Å². The number of rotatable bonds is 2. The molecule has 1 aliphatic rings. The quantitative estimate of drug-likeness (QED) is 0.862. The second-order valence-electron chi connectivity index (χ2n) is 4.72. The first-order chi connectivity index (χ1) is 8.03. The lowest BCUT2D eigenvalue weighted by Crippen LogP contribution is -2.45. The topological polar surface area (TPSA) is 29.5 Å². The van der Waals surface area contributed by atoms with Crippen LogP contribution in [0.5, 0.6) is 0 Å². The molecular formula is C13H16F2O2. The number of halogens is 2. The third-order valence-corrected chi connectivity index (χ3v) is 3.49. The van der Waals surface area contributed by atoms with Crippen LogP contribution in [0.25, 0.3) is 0 Å². The maximum absolute atomic E-state index is 13.5. The molecule has 1 fully saturated rings. The first-order valence-corrected chi connectivity index (χ1v) is 5.76. The fourth-order valence-corrected chi connectivity index (χ4v) is 2.19. The van der Waals surface area contributed by atoms with Crippen molar-refractivity contribution in [2.75, 3.05) is 13.2 Å². The van der Waals surface area contributed by atoms with Gasteiger partial charge in [0.05, 0.1) is 12.2 Å². The zero-order valence-electron chi connectivity index (χ0n) is 9.75. The minimum absolute atomic E-state index is 0.0843.